The predicted octanol–water partition coefficient (Wildman–Crippen LogP) is 2.79. The predicted molar refractivity (Wildman–Crippen MR) is 101 cm³/mol. The average Bonchev–Trinajstić information content (AvgIpc) is 3.24. The molecule has 2 unspecified atom stereocenters. The van der Waals surface area contributed by atoms with Gasteiger partial charge in [0.05, 0.1) is 12.6 Å². The van der Waals surface area contributed by atoms with E-state index in [1.165, 1.54) is 6.33 Å². The molecule has 0 aliphatic carbocycles. The minimum absolute atomic E-state index is 0.0344. The van der Waals surface area contributed by atoms with Gasteiger partial charge in [-0.15, -0.1) is 0 Å². The highest BCUT2D eigenvalue weighted by molar-refractivity contribution is 5.89. The van der Waals surface area contributed by atoms with Crippen LogP contribution in [0.1, 0.15) is 36.6 Å². The molecule has 3 saturated heterocycles. The van der Waals surface area contributed by atoms with Gasteiger partial charge in [-0.25, -0.2) is 14.4 Å². The van der Waals surface area contributed by atoms with Crippen molar-refractivity contribution < 1.29 is 13.9 Å². The normalized spacial score (nSPS) is 32.2. The van der Waals surface area contributed by atoms with Gasteiger partial charge >= 0.3 is 0 Å². The zero-order chi connectivity index (χ0) is 19.3. The zero-order valence-corrected chi connectivity index (χ0v) is 15.8. The molecule has 4 heterocycles. The number of benzene rings is 1. The molecule has 1 amide bonds. The second kappa shape index (κ2) is 6.51. The van der Waals surface area contributed by atoms with Crippen LogP contribution in [0.5, 0.6) is 0 Å². The number of amides is 1. The lowest BCUT2D eigenvalue weighted by molar-refractivity contribution is -0.148. The highest BCUT2D eigenvalue weighted by atomic mass is 19.1. The third-order valence-electron chi connectivity index (χ3n) is 6.21. The van der Waals surface area contributed by atoms with Gasteiger partial charge in [0.1, 0.15) is 18.4 Å². The van der Waals surface area contributed by atoms with E-state index in [9.17, 15) is 4.79 Å². The van der Waals surface area contributed by atoms with Crippen molar-refractivity contribution in [1.29, 1.82) is 0 Å². The van der Waals surface area contributed by atoms with Crippen LogP contribution in [0.3, 0.4) is 0 Å². The number of hydrogen-bond acceptors (Lipinski definition) is 5. The number of aromatic nitrogens is 2. The number of alkyl halides is 1. The van der Waals surface area contributed by atoms with Gasteiger partial charge in [-0.05, 0) is 25.3 Å². The fraction of sp³-hybridized carbons (Fsp3) is 0.476. The Hall–Kier alpha value is -2.54. The number of carbonyl (C=O) groups excluding carboxylic acids is 1. The van der Waals surface area contributed by atoms with Gasteiger partial charge < -0.3 is 14.5 Å². The Kier molecular flexibility index (Phi) is 4.08. The molecule has 146 valence electrons. The molecule has 1 spiro atoms. The second-order valence-corrected chi connectivity index (χ2v) is 7.86. The van der Waals surface area contributed by atoms with Crippen LogP contribution >= 0.6 is 0 Å². The van der Waals surface area contributed by atoms with Gasteiger partial charge in [-0.1, -0.05) is 30.3 Å². The molecule has 5 rings (SSSR count). The number of ether oxygens (including phenoxy) is 1. The molecule has 3 fully saturated rings. The molecule has 0 saturated carbocycles. The Morgan fingerprint density at radius 2 is 2.04 bits per heavy atom. The Labute approximate surface area is 163 Å². The molecule has 1 aromatic heterocycles. The van der Waals surface area contributed by atoms with Crippen LogP contribution in [-0.2, 0) is 9.53 Å². The molecule has 2 aromatic rings. The number of carbonyl (C=O) groups is 1. The summed E-state index contributed by atoms with van der Waals surface area (Å²) in [6, 6.07) is 11.8. The molecule has 3 aliphatic rings. The molecule has 4 atom stereocenters. The Balaban J connectivity index is 1.38. The number of hydrogen-bond donors (Lipinski definition) is 0. The first kappa shape index (κ1) is 17.6. The van der Waals surface area contributed by atoms with Crippen LogP contribution in [0.2, 0.25) is 0 Å². The van der Waals surface area contributed by atoms with Crippen LogP contribution < -0.4 is 4.90 Å². The minimum Gasteiger partial charge on any atom is -0.353 e. The molecule has 7 heteroatoms. The van der Waals surface area contributed by atoms with Crippen molar-refractivity contribution in [3.05, 3.63) is 54.0 Å². The number of anilines is 1. The minimum atomic E-state index is -1.40. The van der Waals surface area contributed by atoms with Crippen molar-refractivity contribution in [2.45, 2.75) is 50.2 Å². The maximum atomic E-state index is 15.4. The summed E-state index contributed by atoms with van der Waals surface area (Å²) in [6.45, 7) is 2.50. The van der Waals surface area contributed by atoms with E-state index in [0.717, 1.165) is 24.1 Å². The van der Waals surface area contributed by atoms with Gasteiger partial charge in [-0.3, -0.25) is 4.79 Å². The molecular weight excluding hydrogens is 359 g/mol. The summed E-state index contributed by atoms with van der Waals surface area (Å²) in [5.41, 5.74) is 0.556. The third-order valence-corrected chi connectivity index (χ3v) is 6.21. The van der Waals surface area contributed by atoms with E-state index in [0.29, 0.717) is 18.8 Å². The standard InChI is InChI=1S/C21H23FN4O2/c1-14-11-18(24-13-23-14)25-10-9-21(17(22)12-25)20(27)26-16(7-8-19(26)28-21)15-5-3-2-4-6-15/h2-6,11,13,16-17,19H,7-10,12H2,1H3/t16-,17?,19+,21?/m0/s1. The summed E-state index contributed by atoms with van der Waals surface area (Å²) in [5.74, 6) is 0.493. The number of nitrogens with zero attached hydrogens (tertiary/aromatic N) is 4. The summed E-state index contributed by atoms with van der Waals surface area (Å²) in [6.07, 6.45) is 1.67. The third kappa shape index (κ3) is 2.60. The summed E-state index contributed by atoms with van der Waals surface area (Å²) in [7, 11) is 0. The van der Waals surface area contributed by atoms with E-state index in [1.54, 1.807) is 4.90 Å². The lowest BCUT2D eigenvalue weighted by Gasteiger charge is -2.40. The van der Waals surface area contributed by atoms with E-state index < -0.39 is 11.8 Å². The van der Waals surface area contributed by atoms with Crippen molar-refractivity contribution in [2.75, 3.05) is 18.0 Å². The maximum Gasteiger partial charge on any atom is 0.260 e. The molecular formula is C21H23FN4O2. The van der Waals surface area contributed by atoms with E-state index in [4.69, 9.17) is 4.74 Å². The summed E-state index contributed by atoms with van der Waals surface area (Å²) in [4.78, 5) is 25.4. The number of rotatable bonds is 2. The lowest BCUT2D eigenvalue weighted by Crippen LogP contribution is -2.58. The van der Waals surface area contributed by atoms with Gasteiger partial charge in [0, 0.05) is 24.7 Å². The number of fused-ring (bicyclic) bond motifs is 1. The quantitative estimate of drug-likeness (QED) is 0.799. The highest BCUT2D eigenvalue weighted by Crippen LogP contribution is 2.48. The fourth-order valence-corrected chi connectivity index (χ4v) is 4.77. The van der Waals surface area contributed by atoms with Crippen molar-refractivity contribution >= 4 is 11.7 Å². The summed E-state index contributed by atoms with van der Waals surface area (Å²) < 4.78 is 21.5. The van der Waals surface area contributed by atoms with Gasteiger partial charge in [-0.2, -0.15) is 0 Å². The molecule has 3 aliphatic heterocycles. The maximum absolute atomic E-state index is 15.4. The first-order valence-corrected chi connectivity index (χ1v) is 9.82. The van der Waals surface area contributed by atoms with Crippen LogP contribution in [0.4, 0.5) is 10.2 Å². The first-order chi connectivity index (χ1) is 13.6. The van der Waals surface area contributed by atoms with Crippen molar-refractivity contribution in [1.82, 2.24) is 14.9 Å². The largest absolute Gasteiger partial charge is 0.353 e. The van der Waals surface area contributed by atoms with Crippen molar-refractivity contribution in [3.8, 4) is 0 Å². The second-order valence-electron chi connectivity index (χ2n) is 7.86. The fourth-order valence-electron chi connectivity index (χ4n) is 4.77. The van der Waals surface area contributed by atoms with E-state index in [1.807, 2.05) is 48.2 Å². The highest BCUT2D eigenvalue weighted by Gasteiger charge is 2.62. The van der Waals surface area contributed by atoms with Crippen LogP contribution in [-0.4, -0.2) is 51.9 Å². The first-order valence-electron chi connectivity index (χ1n) is 9.82. The van der Waals surface area contributed by atoms with Crippen LogP contribution in [0.25, 0.3) is 0 Å². The Morgan fingerprint density at radius 3 is 2.79 bits per heavy atom. The van der Waals surface area contributed by atoms with Crippen LogP contribution in [0.15, 0.2) is 42.7 Å². The summed E-state index contributed by atoms with van der Waals surface area (Å²) in [5, 5.41) is 0. The van der Waals surface area contributed by atoms with Gasteiger partial charge in [0.25, 0.3) is 5.91 Å². The SMILES string of the molecule is Cc1cc(N2CCC3(O[C@@H]4CC[C@@H](c5ccccc5)N4C3=O)C(F)C2)ncn1. The van der Waals surface area contributed by atoms with E-state index in [-0.39, 0.29) is 24.7 Å². The molecule has 0 radical (unpaired) electrons. The monoisotopic (exact) mass is 382 g/mol. The van der Waals surface area contributed by atoms with Crippen LogP contribution in [0, 0.1) is 6.92 Å². The number of halogens is 1. The van der Waals surface area contributed by atoms with Gasteiger partial charge in [0.2, 0.25) is 0 Å². The topological polar surface area (TPSA) is 58.6 Å². The van der Waals surface area contributed by atoms with Gasteiger partial charge in [0.15, 0.2) is 11.8 Å². The molecule has 6 nitrogen and oxygen atoms in total. The zero-order valence-electron chi connectivity index (χ0n) is 15.8. The molecule has 28 heavy (non-hydrogen) atoms. The van der Waals surface area contributed by atoms with Crippen molar-refractivity contribution in [2.24, 2.45) is 0 Å². The average molecular weight is 382 g/mol. The smallest absolute Gasteiger partial charge is 0.260 e. The molecule has 0 bridgehead atoms. The Morgan fingerprint density at radius 1 is 1.21 bits per heavy atom. The van der Waals surface area contributed by atoms with E-state index in [2.05, 4.69) is 9.97 Å². The lowest BCUT2D eigenvalue weighted by atomic mass is 9.88. The number of aryl methyl sites for hydroxylation is 1. The molecule has 1 aromatic carbocycles. The van der Waals surface area contributed by atoms with E-state index >= 15 is 4.39 Å². The number of piperidine rings is 1. The summed E-state index contributed by atoms with van der Waals surface area (Å²) >= 11 is 0. The van der Waals surface area contributed by atoms with Crippen molar-refractivity contribution in [3.63, 3.8) is 0 Å². The molecule has 0 N–H and O–H groups in total. The Bertz CT molecular complexity index is 895.